The van der Waals surface area contributed by atoms with Gasteiger partial charge in [-0.15, -0.1) is 0 Å². The molecule has 88 valence electrons. The molecule has 2 unspecified atom stereocenters. The predicted octanol–water partition coefficient (Wildman–Crippen LogP) is 1.27. The minimum Gasteiger partial charge on any atom is -0.378 e. The largest absolute Gasteiger partial charge is 0.378 e. The second-order valence-electron chi connectivity index (χ2n) is 5.51. The summed E-state index contributed by atoms with van der Waals surface area (Å²) >= 11 is 0. The number of hydrogen-bond acceptors (Lipinski definition) is 3. The number of nitrogens with two attached hydrogens (primary N) is 1. The van der Waals surface area contributed by atoms with Gasteiger partial charge in [0.1, 0.15) is 0 Å². The van der Waals surface area contributed by atoms with Gasteiger partial charge in [0.2, 0.25) is 0 Å². The fourth-order valence-corrected chi connectivity index (χ4v) is 2.42. The van der Waals surface area contributed by atoms with Crippen LogP contribution < -0.4 is 11.1 Å². The SMILES string of the molecule is CC(C)C1CC(CN)(NC2CC2)CCO1. The molecule has 3 nitrogen and oxygen atoms in total. The highest BCUT2D eigenvalue weighted by molar-refractivity contribution is 4.99. The Morgan fingerprint density at radius 1 is 1.47 bits per heavy atom. The highest BCUT2D eigenvalue weighted by atomic mass is 16.5. The van der Waals surface area contributed by atoms with E-state index in [0.717, 1.165) is 32.0 Å². The Labute approximate surface area is 92.7 Å². The third kappa shape index (κ3) is 2.71. The van der Waals surface area contributed by atoms with Crippen LogP contribution in [0.1, 0.15) is 39.5 Å². The van der Waals surface area contributed by atoms with Crippen molar-refractivity contribution < 1.29 is 4.74 Å². The first-order chi connectivity index (χ1) is 7.15. The number of nitrogens with one attached hydrogen (secondary N) is 1. The molecule has 0 amide bonds. The van der Waals surface area contributed by atoms with Crippen LogP contribution in [0.2, 0.25) is 0 Å². The third-order valence-electron chi connectivity index (χ3n) is 3.73. The van der Waals surface area contributed by atoms with Gasteiger partial charge in [-0.25, -0.2) is 0 Å². The van der Waals surface area contributed by atoms with Gasteiger partial charge < -0.3 is 15.8 Å². The summed E-state index contributed by atoms with van der Waals surface area (Å²) in [5.41, 5.74) is 6.12. The minimum absolute atomic E-state index is 0.161. The normalized spacial score (nSPS) is 37.2. The maximum Gasteiger partial charge on any atom is 0.0616 e. The molecule has 15 heavy (non-hydrogen) atoms. The van der Waals surface area contributed by atoms with Crippen LogP contribution in [0, 0.1) is 5.92 Å². The Morgan fingerprint density at radius 3 is 2.73 bits per heavy atom. The summed E-state index contributed by atoms with van der Waals surface area (Å²) in [5.74, 6) is 0.595. The first-order valence-corrected chi connectivity index (χ1v) is 6.24. The van der Waals surface area contributed by atoms with Crippen molar-refractivity contribution in [2.24, 2.45) is 11.7 Å². The van der Waals surface area contributed by atoms with E-state index >= 15 is 0 Å². The smallest absolute Gasteiger partial charge is 0.0616 e. The zero-order valence-electron chi connectivity index (χ0n) is 9.96. The van der Waals surface area contributed by atoms with Crippen LogP contribution in [-0.4, -0.2) is 30.8 Å². The number of rotatable bonds is 4. The maximum atomic E-state index is 5.96. The molecular weight excluding hydrogens is 188 g/mol. The fraction of sp³-hybridized carbons (Fsp3) is 1.00. The molecular formula is C12H24N2O. The Kier molecular flexibility index (Phi) is 3.33. The molecule has 0 aromatic carbocycles. The highest BCUT2D eigenvalue weighted by Crippen LogP contribution is 2.32. The summed E-state index contributed by atoms with van der Waals surface area (Å²) < 4.78 is 5.80. The molecule has 1 heterocycles. The molecule has 1 aliphatic carbocycles. The maximum absolute atomic E-state index is 5.96. The lowest BCUT2D eigenvalue weighted by Gasteiger charge is -2.42. The van der Waals surface area contributed by atoms with E-state index in [1.54, 1.807) is 0 Å². The van der Waals surface area contributed by atoms with Gasteiger partial charge in [-0.2, -0.15) is 0 Å². The predicted molar refractivity (Wildman–Crippen MR) is 61.8 cm³/mol. The van der Waals surface area contributed by atoms with Gasteiger partial charge in [-0.3, -0.25) is 0 Å². The van der Waals surface area contributed by atoms with Crippen LogP contribution in [-0.2, 0) is 4.74 Å². The Morgan fingerprint density at radius 2 is 2.20 bits per heavy atom. The van der Waals surface area contributed by atoms with Gasteiger partial charge in [0, 0.05) is 24.7 Å². The van der Waals surface area contributed by atoms with Crippen molar-refractivity contribution >= 4 is 0 Å². The number of ether oxygens (including phenoxy) is 1. The van der Waals surface area contributed by atoms with Crippen molar-refractivity contribution in [2.45, 2.75) is 57.2 Å². The Balaban J connectivity index is 1.96. The summed E-state index contributed by atoms with van der Waals surface area (Å²) in [6.45, 7) is 6.07. The number of hydrogen-bond donors (Lipinski definition) is 2. The summed E-state index contributed by atoms with van der Waals surface area (Å²) in [4.78, 5) is 0. The average Bonchev–Trinajstić information content (AvgIpc) is 3.02. The molecule has 2 aliphatic rings. The molecule has 3 N–H and O–H groups in total. The molecule has 2 atom stereocenters. The highest BCUT2D eigenvalue weighted by Gasteiger charge is 2.40. The van der Waals surface area contributed by atoms with Gasteiger partial charge in [0.25, 0.3) is 0 Å². The topological polar surface area (TPSA) is 47.3 Å². The molecule has 3 heteroatoms. The molecule has 1 saturated heterocycles. The third-order valence-corrected chi connectivity index (χ3v) is 3.73. The van der Waals surface area contributed by atoms with E-state index in [-0.39, 0.29) is 5.54 Å². The van der Waals surface area contributed by atoms with E-state index in [9.17, 15) is 0 Å². The van der Waals surface area contributed by atoms with Crippen LogP contribution in [0.5, 0.6) is 0 Å². The van der Waals surface area contributed by atoms with Crippen molar-refractivity contribution in [1.29, 1.82) is 0 Å². The molecule has 0 aromatic heterocycles. The molecule has 0 bridgehead atoms. The van der Waals surface area contributed by atoms with Crippen LogP contribution >= 0.6 is 0 Å². The molecule has 2 fully saturated rings. The Bertz CT molecular complexity index is 216. The lowest BCUT2D eigenvalue weighted by atomic mass is 9.83. The van der Waals surface area contributed by atoms with Gasteiger partial charge in [-0.05, 0) is 31.6 Å². The molecule has 0 aromatic rings. The second-order valence-corrected chi connectivity index (χ2v) is 5.51. The fourth-order valence-electron chi connectivity index (χ4n) is 2.42. The zero-order chi connectivity index (χ0) is 10.9. The molecule has 0 spiro atoms. The van der Waals surface area contributed by atoms with Crippen LogP contribution in [0.3, 0.4) is 0 Å². The summed E-state index contributed by atoms with van der Waals surface area (Å²) in [7, 11) is 0. The lowest BCUT2D eigenvalue weighted by molar-refractivity contribution is -0.0497. The van der Waals surface area contributed by atoms with Crippen LogP contribution in [0.25, 0.3) is 0 Å². The first-order valence-electron chi connectivity index (χ1n) is 6.24. The average molecular weight is 212 g/mol. The standard InChI is InChI=1S/C12H24N2O/c1-9(2)11-7-12(8-13,5-6-15-11)14-10-3-4-10/h9-11,14H,3-8,13H2,1-2H3. The summed E-state index contributed by atoms with van der Waals surface area (Å²) in [5, 5.41) is 3.74. The van der Waals surface area contributed by atoms with Crippen molar-refractivity contribution in [3.8, 4) is 0 Å². The van der Waals surface area contributed by atoms with Crippen molar-refractivity contribution in [2.75, 3.05) is 13.2 Å². The first kappa shape index (κ1) is 11.4. The van der Waals surface area contributed by atoms with Gasteiger partial charge >= 0.3 is 0 Å². The van der Waals surface area contributed by atoms with E-state index in [1.165, 1.54) is 12.8 Å². The van der Waals surface area contributed by atoms with Crippen LogP contribution in [0.4, 0.5) is 0 Å². The van der Waals surface area contributed by atoms with Gasteiger partial charge in [-0.1, -0.05) is 13.8 Å². The minimum atomic E-state index is 0.161. The molecule has 1 saturated carbocycles. The van der Waals surface area contributed by atoms with Crippen molar-refractivity contribution in [3.05, 3.63) is 0 Å². The van der Waals surface area contributed by atoms with E-state index in [0.29, 0.717) is 12.0 Å². The van der Waals surface area contributed by atoms with E-state index in [2.05, 4.69) is 19.2 Å². The quantitative estimate of drug-likeness (QED) is 0.738. The summed E-state index contributed by atoms with van der Waals surface area (Å²) in [6.07, 6.45) is 5.19. The van der Waals surface area contributed by atoms with E-state index < -0.39 is 0 Å². The summed E-state index contributed by atoms with van der Waals surface area (Å²) in [6, 6.07) is 0.736. The Hall–Kier alpha value is -0.120. The lowest BCUT2D eigenvalue weighted by Crippen LogP contribution is -2.58. The van der Waals surface area contributed by atoms with Gasteiger partial charge in [0.05, 0.1) is 6.10 Å². The van der Waals surface area contributed by atoms with E-state index in [1.807, 2.05) is 0 Å². The van der Waals surface area contributed by atoms with Crippen molar-refractivity contribution in [3.63, 3.8) is 0 Å². The monoisotopic (exact) mass is 212 g/mol. The second kappa shape index (κ2) is 4.40. The van der Waals surface area contributed by atoms with Crippen LogP contribution in [0.15, 0.2) is 0 Å². The molecule has 0 radical (unpaired) electrons. The molecule has 2 rings (SSSR count). The zero-order valence-corrected chi connectivity index (χ0v) is 9.96. The van der Waals surface area contributed by atoms with Gasteiger partial charge in [0.15, 0.2) is 0 Å². The van der Waals surface area contributed by atoms with E-state index in [4.69, 9.17) is 10.5 Å². The van der Waals surface area contributed by atoms with Crippen molar-refractivity contribution in [1.82, 2.24) is 5.32 Å². The molecule has 1 aliphatic heterocycles.